The van der Waals surface area contributed by atoms with E-state index in [0.717, 1.165) is 5.56 Å². The number of hydrogen-bond acceptors (Lipinski definition) is 3. The zero-order valence-corrected chi connectivity index (χ0v) is 13.9. The molecule has 1 heterocycles. The van der Waals surface area contributed by atoms with Crippen LogP contribution < -0.4 is 10.1 Å². The van der Waals surface area contributed by atoms with Crippen molar-refractivity contribution >= 4 is 11.8 Å². The summed E-state index contributed by atoms with van der Waals surface area (Å²) in [7, 11) is 0. The largest absolute Gasteiger partial charge is 0.484 e. The van der Waals surface area contributed by atoms with Crippen LogP contribution in [0.15, 0.2) is 48.5 Å². The van der Waals surface area contributed by atoms with Gasteiger partial charge in [0.1, 0.15) is 17.6 Å². The molecule has 0 radical (unpaired) electrons. The van der Waals surface area contributed by atoms with E-state index < -0.39 is 6.04 Å². The number of nitrogens with one attached hydrogen (secondary N) is 1. The fourth-order valence-electron chi connectivity index (χ4n) is 2.85. The van der Waals surface area contributed by atoms with Crippen LogP contribution in [0.3, 0.4) is 0 Å². The molecule has 1 atom stereocenters. The summed E-state index contributed by atoms with van der Waals surface area (Å²) in [6.07, 6.45) is 0. The van der Waals surface area contributed by atoms with E-state index in [1.165, 1.54) is 29.2 Å². The van der Waals surface area contributed by atoms with Gasteiger partial charge in [-0.3, -0.25) is 9.59 Å². The molecular formula is C19H19FN2O3. The van der Waals surface area contributed by atoms with Gasteiger partial charge in [-0.1, -0.05) is 30.3 Å². The highest BCUT2D eigenvalue weighted by Gasteiger charge is 2.34. The Hall–Kier alpha value is -2.89. The number of benzene rings is 2. The van der Waals surface area contributed by atoms with Crippen molar-refractivity contribution in [3.63, 3.8) is 0 Å². The molecule has 1 aliphatic heterocycles. The van der Waals surface area contributed by atoms with Crippen LogP contribution in [0.5, 0.6) is 5.75 Å². The second-order valence-corrected chi connectivity index (χ2v) is 5.89. The lowest BCUT2D eigenvalue weighted by molar-refractivity contribution is -0.145. The minimum atomic E-state index is -0.776. The minimum Gasteiger partial charge on any atom is -0.484 e. The van der Waals surface area contributed by atoms with Crippen molar-refractivity contribution in [2.45, 2.75) is 13.0 Å². The fraction of sp³-hybridized carbons (Fsp3) is 0.263. The Bertz CT molecular complexity index is 776. The predicted molar refractivity (Wildman–Crippen MR) is 90.5 cm³/mol. The smallest absolute Gasteiger partial charge is 0.261 e. The van der Waals surface area contributed by atoms with E-state index in [4.69, 9.17) is 4.74 Å². The normalized spacial score (nSPS) is 17.1. The molecule has 2 amide bonds. The third kappa shape index (κ3) is 3.79. The summed E-state index contributed by atoms with van der Waals surface area (Å²) in [4.78, 5) is 26.4. The van der Waals surface area contributed by atoms with Crippen molar-refractivity contribution in [2.24, 2.45) is 0 Å². The number of carbonyl (C=O) groups excluding carboxylic acids is 2. The van der Waals surface area contributed by atoms with Crippen LogP contribution in [-0.2, 0) is 9.59 Å². The number of rotatable bonds is 4. The van der Waals surface area contributed by atoms with Crippen molar-refractivity contribution < 1.29 is 18.7 Å². The SMILES string of the molecule is Cc1ccccc1OCC(=O)N1CCNC(=O)C1c1ccc(F)cc1. The first kappa shape index (κ1) is 17.0. The van der Waals surface area contributed by atoms with Gasteiger partial charge in [0.15, 0.2) is 6.61 Å². The molecule has 1 N–H and O–H groups in total. The number of hydrogen-bond donors (Lipinski definition) is 1. The summed E-state index contributed by atoms with van der Waals surface area (Å²) in [6, 6.07) is 12.3. The highest BCUT2D eigenvalue weighted by molar-refractivity contribution is 5.90. The van der Waals surface area contributed by atoms with Crippen LogP contribution in [0.25, 0.3) is 0 Å². The average molecular weight is 342 g/mol. The molecule has 0 spiro atoms. The average Bonchev–Trinajstić information content (AvgIpc) is 2.61. The van der Waals surface area contributed by atoms with E-state index in [-0.39, 0.29) is 24.2 Å². The van der Waals surface area contributed by atoms with Gasteiger partial charge in [-0.2, -0.15) is 0 Å². The first-order valence-electron chi connectivity index (χ1n) is 8.07. The summed E-state index contributed by atoms with van der Waals surface area (Å²) >= 11 is 0. The van der Waals surface area contributed by atoms with Crippen molar-refractivity contribution in [2.75, 3.05) is 19.7 Å². The highest BCUT2D eigenvalue weighted by atomic mass is 19.1. The number of aryl methyl sites for hydroxylation is 1. The van der Waals surface area contributed by atoms with Gasteiger partial charge in [-0.15, -0.1) is 0 Å². The molecule has 5 nitrogen and oxygen atoms in total. The molecule has 0 aromatic heterocycles. The van der Waals surface area contributed by atoms with Crippen LogP contribution in [0, 0.1) is 12.7 Å². The Kier molecular flexibility index (Phi) is 4.97. The zero-order chi connectivity index (χ0) is 17.8. The number of piperazine rings is 1. The maximum Gasteiger partial charge on any atom is 0.261 e. The van der Waals surface area contributed by atoms with Crippen molar-refractivity contribution in [1.82, 2.24) is 10.2 Å². The Labute approximate surface area is 145 Å². The quantitative estimate of drug-likeness (QED) is 0.927. The van der Waals surface area contributed by atoms with Gasteiger partial charge in [0, 0.05) is 13.1 Å². The van der Waals surface area contributed by atoms with Gasteiger partial charge in [-0.25, -0.2) is 4.39 Å². The van der Waals surface area contributed by atoms with Crippen LogP contribution in [-0.4, -0.2) is 36.4 Å². The number of para-hydroxylation sites is 1. The van der Waals surface area contributed by atoms with Gasteiger partial charge in [-0.05, 0) is 36.2 Å². The Morgan fingerprint density at radius 2 is 1.96 bits per heavy atom. The second kappa shape index (κ2) is 7.34. The van der Waals surface area contributed by atoms with Crippen molar-refractivity contribution in [3.8, 4) is 5.75 Å². The molecule has 130 valence electrons. The Morgan fingerprint density at radius 1 is 1.24 bits per heavy atom. The van der Waals surface area contributed by atoms with E-state index in [2.05, 4.69) is 5.32 Å². The van der Waals surface area contributed by atoms with E-state index in [9.17, 15) is 14.0 Å². The van der Waals surface area contributed by atoms with Gasteiger partial charge in [0.05, 0.1) is 0 Å². The van der Waals surface area contributed by atoms with E-state index in [1.807, 2.05) is 25.1 Å². The molecule has 6 heteroatoms. The summed E-state index contributed by atoms with van der Waals surface area (Å²) in [5.41, 5.74) is 1.50. The maximum atomic E-state index is 13.2. The topological polar surface area (TPSA) is 58.6 Å². The molecule has 1 unspecified atom stereocenters. The minimum absolute atomic E-state index is 0.157. The Morgan fingerprint density at radius 3 is 2.68 bits per heavy atom. The number of amides is 2. The van der Waals surface area contributed by atoms with E-state index >= 15 is 0 Å². The molecule has 1 fully saturated rings. The van der Waals surface area contributed by atoms with Gasteiger partial charge in [0.25, 0.3) is 5.91 Å². The molecule has 25 heavy (non-hydrogen) atoms. The van der Waals surface area contributed by atoms with Crippen LogP contribution in [0.4, 0.5) is 4.39 Å². The number of carbonyl (C=O) groups is 2. The number of ether oxygens (including phenoxy) is 1. The van der Waals surface area contributed by atoms with E-state index in [1.54, 1.807) is 6.07 Å². The van der Waals surface area contributed by atoms with Crippen LogP contribution in [0.2, 0.25) is 0 Å². The van der Waals surface area contributed by atoms with Crippen LogP contribution in [0.1, 0.15) is 17.2 Å². The lowest BCUT2D eigenvalue weighted by Crippen LogP contribution is -2.53. The van der Waals surface area contributed by atoms with Crippen LogP contribution >= 0.6 is 0 Å². The zero-order valence-electron chi connectivity index (χ0n) is 13.9. The summed E-state index contributed by atoms with van der Waals surface area (Å²) in [5, 5.41) is 2.75. The van der Waals surface area contributed by atoms with Gasteiger partial charge >= 0.3 is 0 Å². The Balaban J connectivity index is 1.75. The monoisotopic (exact) mass is 342 g/mol. The fourth-order valence-corrected chi connectivity index (χ4v) is 2.85. The van der Waals surface area contributed by atoms with E-state index in [0.29, 0.717) is 24.4 Å². The molecule has 2 aromatic carbocycles. The maximum absolute atomic E-state index is 13.2. The molecule has 0 bridgehead atoms. The predicted octanol–water partition coefficient (Wildman–Crippen LogP) is 2.21. The number of halogens is 1. The van der Waals surface area contributed by atoms with Gasteiger partial charge < -0.3 is 15.0 Å². The standard InChI is InChI=1S/C19H19FN2O3/c1-13-4-2-3-5-16(13)25-12-17(23)22-11-10-21-19(24)18(22)14-6-8-15(20)9-7-14/h2-9,18H,10-12H2,1H3,(H,21,24). The summed E-state index contributed by atoms with van der Waals surface area (Å²) < 4.78 is 18.8. The first-order chi connectivity index (χ1) is 12.1. The lowest BCUT2D eigenvalue weighted by Gasteiger charge is -2.35. The molecule has 1 saturated heterocycles. The summed E-state index contributed by atoms with van der Waals surface area (Å²) in [6.45, 7) is 2.50. The first-order valence-corrected chi connectivity index (χ1v) is 8.07. The lowest BCUT2D eigenvalue weighted by atomic mass is 10.0. The molecule has 0 saturated carbocycles. The summed E-state index contributed by atoms with van der Waals surface area (Å²) in [5.74, 6) is -0.314. The van der Waals surface area contributed by atoms with Crippen molar-refractivity contribution in [3.05, 3.63) is 65.5 Å². The molecule has 0 aliphatic carbocycles. The number of nitrogens with zero attached hydrogens (tertiary/aromatic N) is 1. The second-order valence-electron chi connectivity index (χ2n) is 5.89. The highest BCUT2D eigenvalue weighted by Crippen LogP contribution is 2.24. The molecule has 3 rings (SSSR count). The van der Waals surface area contributed by atoms with Crippen molar-refractivity contribution in [1.29, 1.82) is 0 Å². The molecule has 2 aromatic rings. The third-order valence-corrected chi connectivity index (χ3v) is 4.16. The third-order valence-electron chi connectivity index (χ3n) is 4.16. The van der Waals surface area contributed by atoms with Gasteiger partial charge in [0.2, 0.25) is 5.91 Å². The molecular weight excluding hydrogens is 323 g/mol. The molecule has 1 aliphatic rings.